The zero-order valence-electron chi connectivity index (χ0n) is 20.2. The molecule has 2 aliphatic heterocycles. The Kier molecular flexibility index (Phi) is 9.27. The summed E-state index contributed by atoms with van der Waals surface area (Å²) in [5.41, 5.74) is 0. The van der Waals surface area contributed by atoms with Gasteiger partial charge in [0, 0.05) is 25.2 Å². The highest BCUT2D eigenvalue weighted by Crippen LogP contribution is 2.36. The van der Waals surface area contributed by atoms with Gasteiger partial charge in [0.05, 0.1) is 13.1 Å². The number of nitrogens with zero attached hydrogens (tertiary/aromatic N) is 2. The third kappa shape index (κ3) is 6.69. The minimum absolute atomic E-state index is 0.200. The van der Waals surface area contributed by atoms with Crippen LogP contribution in [0.3, 0.4) is 0 Å². The molecular formula is C26H46N4O2. The minimum atomic E-state index is 0.200. The van der Waals surface area contributed by atoms with Crippen LogP contribution in [-0.4, -0.2) is 73.0 Å². The Balaban J connectivity index is 0.978. The molecule has 2 N–H and O–H groups in total. The van der Waals surface area contributed by atoms with Crippen molar-refractivity contribution in [1.82, 2.24) is 20.4 Å². The minimum Gasteiger partial charge on any atom is -0.355 e. The molecule has 4 aliphatic rings. The lowest BCUT2D eigenvalue weighted by molar-refractivity contribution is -0.123. The maximum atomic E-state index is 12.3. The smallest absolute Gasteiger partial charge is 0.234 e. The lowest BCUT2D eigenvalue weighted by atomic mass is 9.85. The van der Waals surface area contributed by atoms with Crippen LogP contribution in [-0.2, 0) is 9.59 Å². The number of hydrogen-bond donors (Lipinski definition) is 2. The molecule has 2 aliphatic carbocycles. The van der Waals surface area contributed by atoms with Gasteiger partial charge in [-0.15, -0.1) is 0 Å². The second-order valence-corrected chi connectivity index (χ2v) is 10.9. The first kappa shape index (κ1) is 24.0. The maximum Gasteiger partial charge on any atom is 0.234 e. The van der Waals surface area contributed by atoms with Gasteiger partial charge in [-0.25, -0.2) is 0 Å². The average Bonchev–Trinajstić information content (AvgIpc) is 3.40. The summed E-state index contributed by atoms with van der Waals surface area (Å²) in [4.78, 5) is 29.5. The van der Waals surface area contributed by atoms with E-state index in [1.807, 2.05) is 0 Å². The van der Waals surface area contributed by atoms with E-state index in [4.69, 9.17) is 0 Å². The van der Waals surface area contributed by atoms with Crippen molar-refractivity contribution in [3.63, 3.8) is 0 Å². The van der Waals surface area contributed by atoms with E-state index < -0.39 is 0 Å². The first-order chi connectivity index (χ1) is 15.7. The number of carbonyl (C=O) groups excluding carboxylic acids is 2. The summed E-state index contributed by atoms with van der Waals surface area (Å²) < 4.78 is 0. The molecule has 6 nitrogen and oxygen atoms in total. The van der Waals surface area contributed by atoms with Crippen LogP contribution in [0.4, 0.5) is 0 Å². The Bertz CT molecular complexity index is 561. The van der Waals surface area contributed by atoms with Gasteiger partial charge in [-0.05, 0) is 76.3 Å². The largest absolute Gasteiger partial charge is 0.355 e. The highest BCUT2D eigenvalue weighted by molar-refractivity contribution is 5.78. The number of hydrogen-bond acceptors (Lipinski definition) is 4. The molecular weight excluding hydrogens is 400 g/mol. The molecule has 2 saturated carbocycles. The number of carbonyl (C=O) groups is 2. The molecule has 0 bridgehead atoms. The molecule has 4 atom stereocenters. The number of amides is 2. The van der Waals surface area contributed by atoms with Crippen LogP contribution in [0.1, 0.15) is 89.9 Å². The fourth-order valence-electron chi connectivity index (χ4n) is 6.94. The zero-order valence-corrected chi connectivity index (χ0v) is 20.2. The second kappa shape index (κ2) is 12.4. The van der Waals surface area contributed by atoms with Crippen molar-refractivity contribution in [2.45, 2.75) is 102 Å². The summed E-state index contributed by atoms with van der Waals surface area (Å²) in [6.45, 7) is 4.95. The van der Waals surface area contributed by atoms with Gasteiger partial charge in [-0.2, -0.15) is 0 Å². The number of nitrogens with one attached hydrogen (secondary N) is 2. The highest BCUT2D eigenvalue weighted by atomic mass is 16.2. The summed E-state index contributed by atoms with van der Waals surface area (Å²) in [6, 6.07) is 1.33. The molecule has 2 amide bonds. The van der Waals surface area contributed by atoms with E-state index in [1.54, 1.807) is 0 Å². The van der Waals surface area contributed by atoms with Crippen molar-refractivity contribution < 1.29 is 9.59 Å². The van der Waals surface area contributed by atoms with Crippen LogP contribution in [0.5, 0.6) is 0 Å². The summed E-state index contributed by atoms with van der Waals surface area (Å²) in [5, 5.41) is 6.24. The van der Waals surface area contributed by atoms with Gasteiger partial charge in [0.1, 0.15) is 0 Å². The molecule has 182 valence electrons. The third-order valence-electron chi connectivity index (χ3n) is 8.69. The van der Waals surface area contributed by atoms with E-state index in [2.05, 4.69) is 20.4 Å². The van der Waals surface area contributed by atoms with Gasteiger partial charge in [0.15, 0.2) is 0 Å². The Morgan fingerprint density at radius 3 is 1.50 bits per heavy atom. The van der Waals surface area contributed by atoms with Crippen molar-refractivity contribution in [1.29, 1.82) is 0 Å². The topological polar surface area (TPSA) is 64.7 Å². The Labute approximate surface area is 195 Å². The molecule has 2 heterocycles. The number of unbranched alkanes of at least 4 members (excludes halogenated alkanes) is 3. The van der Waals surface area contributed by atoms with E-state index in [1.165, 1.54) is 64.2 Å². The molecule has 0 spiro atoms. The highest BCUT2D eigenvalue weighted by Gasteiger charge is 2.37. The fraction of sp³-hybridized carbons (Fsp3) is 0.923. The van der Waals surface area contributed by atoms with Gasteiger partial charge in [0.25, 0.3) is 0 Å². The van der Waals surface area contributed by atoms with Crippen LogP contribution in [0.25, 0.3) is 0 Å². The number of fused-ring (bicyclic) bond motifs is 2. The van der Waals surface area contributed by atoms with Crippen molar-refractivity contribution >= 4 is 11.8 Å². The quantitative estimate of drug-likeness (QED) is 0.478. The van der Waals surface area contributed by atoms with Crippen LogP contribution < -0.4 is 10.6 Å². The van der Waals surface area contributed by atoms with Gasteiger partial charge in [-0.3, -0.25) is 19.4 Å². The van der Waals surface area contributed by atoms with Gasteiger partial charge < -0.3 is 10.6 Å². The lowest BCUT2D eigenvalue weighted by Crippen LogP contribution is -2.42. The lowest BCUT2D eigenvalue weighted by Gasteiger charge is -2.31. The average molecular weight is 447 g/mol. The summed E-state index contributed by atoms with van der Waals surface area (Å²) >= 11 is 0. The molecule has 0 aromatic heterocycles. The molecule has 0 aromatic rings. The molecule has 0 aromatic carbocycles. The van der Waals surface area contributed by atoms with Crippen molar-refractivity contribution in [2.24, 2.45) is 11.8 Å². The molecule has 4 fully saturated rings. The van der Waals surface area contributed by atoms with E-state index in [0.717, 1.165) is 63.7 Å². The third-order valence-corrected chi connectivity index (χ3v) is 8.69. The normalized spacial score (nSPS) is 30.6. The second-order valence-electron chi connectivity index (χ2n) is 10.9. The van der Waals surface area contributed by atoms with E-state index in [0.29, 0.717) is 25.2 Å². The van der Waals surface area contributed by atoms with Gasteiger partial charge >= 0.3 is 0 Å². The summed E-state index contributed by atoms with van der Waals surface area (Å²) in [6.07, 6.45) is 17.6. The van der Waals surface area contributed by atoms with Gasteiger partial charge in [0.2, 0.25) is 11.8 Å². The molecule has 4 rings (SSSR count). The summed E-state index contributed by atoms with van der Waals surface area (Å²) in [7, 11) is 0. The van der Waals surface area contributed by atoms with Crippen molar-refractivity contribution in [2.75, 3.05) is 39.3 Å². The maximum absolute atomic E-state index is 12.3. The molecule has 6 heteroatoms. The van der Waals surface area contributed by atoms with Crippen molar-refractivity contribution in [3.05, 3.63) is 0 Å². The van der Waals surface area contributed by atoms with E-state index in [-0.39, 0.29) is 11.8 Å². The first-order valence-corrected chi connectivity index (χ1v) is 13.7. The van der Waals surface area contributed by atoms with Crippen molar-refractivity contribution in [3.8, 4) is 0 Å². The summed E-state index contributed by atoms with van der Waals surface area (Å²) in [5.74, 6) is 2.09. The Hall–Kier alpha value is -1.14. The fourth-order valence-corrected chi connectivity index (χ4v) is 6.94. The molecule has 2 saturated heterocycles. The van der Waals surface area contributed by atoms with Crippen LogP contribution in [0.2, 0.25) is 0 Å². The van der Waals surface area contributed by atoms with Gasteiger partial charge in [-0.1, -0.05) is 38.5 Å². The van der Waals surface area contributed by atoms with Crippen LogP contribution in [0, 0.1) is 11.8 Å². The first-order valence-electron chi connectivity index (χ1n) is 13.7. The van der Waals surface area contributed by atoms with Crippen LogP contribution >= 0.6 is 0 Å². The number of likely N-dealkylation sites (tertiary alicyclic amines) is 2. The van der Waals surface area contributed by atoms with E-state index in [9.17, 15) is 9.59 Å². The predicted molar refractivity (Wildman–Crippen MR) is 128 cm³/mol. The molecule has 0 radical (unpaired) electrons. The zero-order chi connectivity index (χ0) is 22.2. The van der Waals surface area contributed by atoms with Crippen LogP contribution in [0.15, 0.2) is 0 Å². The number of rotatable bonds is 11. The molecule has 32 heavy (non-hydrogen) atoms. The predicted octanol–water partition coefficient (Wildman–Crippen LogP) is 3.31. The Morgan fingerprint density at radius 1 is 0.594 bits per heavy atom. The molecule has 4 unspecified atom stereocenters. The monoisotopic (exact) mass is 446 g/mol. The Morgan fingerprint density at radius 2 is 1.03 bits per heavy atom. The SMILES string of the molecule is O=C(CN1CCC2CCCCC21)NCCCCCCNC(=O)CN1CCC2CCCCC21. The van der Waals surface area contributed by atoms with E-state index >= 15 is 0 Å². The standard InChI is InChI=1S/C26H46N4O2/c31-25(19-29-17-13-21-9-3-5-11-23(21)29)27-15-7-1-2-8-16-28-26(32)20-30-18-14-22-10-4-6-12-24(22)30/h21-24H,1-20H2,(H,27,31)(H,28,32).